The molecule has 0 saturated carbocycles. The van der Waals surface area contributed by atoms with E-state index in [1.165, 1.54) is 5.56 Å². The molecule has 2 rings (SSSR count). The molecule has 0 aromatic heterocycles. The third kappa shape index (κ3) is 6.51. The number of Topliss-reactive ketones (excluding diaryl/α,β-unsaturated/α-hetero) is 1. The molecule has 0 saturated heterocycles. The molecule has 33 heavy (non-hydrogen) atoms. The molecular weight excluding hydrogens is 428 g/mol. The van der Waals surface area contributed by atoms with Gasteiger partial charge in [-0.15, -0.1) is 0 Å². The quantitative estimate of drug-likeness (QED) is 0.232. The molecule has 0 aliphatic heterocycles. The highest BCUT2D eigenvalue weighted by Gasteiger charge is 2.48. The van der Waals surface area contributed by atoms with Crippen molar-refractivity contribution < 1.29 is 18.7 Å². The molecule has 0 heterocycles. The maximum Gasteiger partial charge on any atom is 0.258 e. The molecule has 3 atom stereocenters. The second kappa shape index (κ2) is 12.2. The van der Waals surface area contributed by atoms with E-state index in [4.69, 9.17) is 13.9 Å². The van der Waals surface area contributed by atoms with Crippen LogP contribution >= 0.6 is 0 Å². The first kappa shape index (κ1) is 27.6. The molecule has 0 spiro atoms. The highest BCUT2D eigenvalue weighted by Crippen LogP contribution is 2.47. The number of carbonyl (C=O) groups is 1. The Morgan fingerprint density at radius 3 is 2.09 bits per heavy atom. The van der Waals surface area contributed by atoms with Crippen LogP contribution in [0.3, 0.4) is 0 Å². The van der Waals surface area contributed by atoms with Crippen LogP contribution in [0.5, 0.6) is 5.75 Å². The Morgan fingerprint density at radius 2 is 1.61 bits per heavy atom. The third-order valence-corrected chi connectivity index (χ3v) is 13.5. The van der Waals surface area contributed by atoms with Gasteiger partial charge in [-0.05, 0) is 59.2 Å². The number of methoxy groups -OCH3 is 1. The molecule has 1 aromatic carbocycles. The topological polar surface area (TPSA) is 44.8 Å². The summed E-state index contributed by atoms with van der Waals surface area (Å²) in [5.74, 6) is 2.80. The Balaban J connectivity index is 2.38. The van der Waals surface area contributed by atoms with E-state index in [0.717, 1.165) is 24.4 Å². The van der Waals surface area contributed by atoms with E-state index in [0.29, 0.717) is 28.8 Å². The number of allylic oxidation sites excluding steroid dienone is 2. The Hall–Kier alpha value is -1.59. The van der Waals surface area contributed by atoms with E-state index in [1.807, 2.05) is 19.1 Å². The van der Waals surface area contributed by atoms with E-state index < -0.39 is 8.32 Å². The van der Waals surface area contributed by atoms with E-state index in [1.54, 1.807) is 7.11 Å². The molecule has 1 aromatic rings. The van der Waals surface area contributed by atoms with Crippen molar-refractivity contribution in [3.63, 3.8) is 0 Å². The molecule has 0 bridgehead atoms. The second-order valence-corrected chi connectivity index (χ2v) is 16.0. The standard InChI is InChI=1S/C28H46O4Si/c1-10-27(29)26-17-24(16-23-11-13-25(14-12-23)31-18-30-9)28(15-22(26)8)32-33(19(2)3,20(4)5)21(6)7/h11-15,19-22,24,26H,10,16-18H2,1-9H3/t22-,24-,26+/m0/s1. The molecule has 0 amide bonds. The van der Waals surface area contributed by atoms with E-state index >= 15 is 0 Å². The lowest BCUT2D eigenvalue weighted by Gasteiger charge is -2.46. The first-order chi connectivity index (χ1) is 15.6. The highest BCUT2D eigenvalue weighted by atomic mass is 28.4. The number of hydrogen-bond acceptors (Lipinski definition) is 4. The summed E-state index contributed by atoms with van der Waals surface area (Å²) in [5, 5.41) is 0. The Morgan fingerprint density at radius 1 is 1.03 bits per heavy atom. The zero-order valence-corrected chi connectivity index (χ0v) is 23.3. The average Bonchev–Trinajstić information content (AvgIpc) is 2.77. The monoisotopic (exact) mass is 474 g/mol. The molecular formula is C28H46O4Si. The van der Waals surface area contributed by atoms with Crippen LogP contribution < -0.4 is 4.74 Å². The smallest absolute Gasteiger partial charge is 0.258 e. The van der Waals surface area contributed by atoms with Crippen molar-refractivity contribution in [1.29, 1.82) is 0 Å². The van der Waals surface area contributed by atoms with Gasteiger partial charge in [0.25, 0.3) is 8.32 Å². The number of carbonyl (C=O) groups excluding carboxylic acids is 1. The minimum absolute atomic E-state index is 0.0740. The lowest BCUT2D eigenvalue weighted by molar-refractivity contribution is -0.124. The van der Waals surface area contributed by atoms with Crippen molar-refractivity contribution in [2.24, 2.45) is 17.8 Å². The first-order valence-electron chi connectivity index (χ1n) is 12.7. The summed E-state index contributed by atoms with van der Waals surface area (Å²) >= 11 is 0. The van der Waals surface area contributed by atoms with Crippen molar-refractivity contribution in [2.75, 3.05) is 13.9 Å². The van der Waals surface area contributed by atoms with Crippen molar-refractivity contribution in [2.45, 2.75) is 91.3 Å². The van der Waals surface area contributed by atoms with Gasteiger partial charge in [0, 0.05) is 25.4 Å². The molecule has 4 nitrogen and oxygen atoms in total. The van der Waals surface area contributed by atoms with E-state index in [-0.39, 0.29) is 24.5 Å². The van der Waals surface area contributed by atoms with Crippen LogP contribution in [0.1, 0.15) is 73.8 Å². The third-order valence-electron chi connectivity index (χ3n) is 7.52. The summed E-state index contributed by atoms with van der Waals surface area (Å²) in [4.78, 5) is 12.7. The Kier molecular flexibility index (Phi) is 10.2. The summed E-state index contributed by atoms with van der Waals surface area (Å²) in [7, 11) is -0.452. The number of hydrogen-bond donors (Lipinski definition) is 0. The van der Waals surface area contributed by atoms with Gasteiger partial charge in [-0.25, -0.2) is 0 Å². The predicted molar refractivity (Wildman–Crippen MR) is 139 cm³/mol. The van der Waals surface area contributed by atoms with Gasteiger partial charge in [-0.1, -0.05) is 67.5 Å². The largest absolute Gasteiger partial charge is 0.546 e. The van der Waals surface area contributed by atoms with Crippen LogP contribution in [0.4, 0.5) is 0 Å². The number of ketones is 1. The molecule has 0 N–H and O–H groups in total. The minimum Gasteiger partial charge on any atom is -0.546 e. The Bertz CT molecular complexity index is 760. The molecule has 0 unspecified atom stereocenters. The first-order valence-corrected chi connectivity index (χ1v) is 14.8. The molecule has 5 heteroatoms. The van der Waals surface area contributed by atoms with Crippen molar-refractivity contribution >= 4 is 14.1 Å². The van der Waals surface area contributed by atoms with Crippen molar-refractivity contribution in [1.82, 2.24) is 0 Å². The zero-order chi connectivity index (χ0) is 24.8. The van der Waals surface area contributed by atoms with Crippen LogP contribution in [-0.2, 0) is 20.4 Å². The van der Waals surface area contributed by atoms with Gasteiger partial charge >= 0.3 is 0 Å². The van der Waals surface area contributed by atoms with Crippen LogP contribution in [0.15, 0.2) is 36.1 Å². The Labute approximate surface area is 203 Å². The average molecular weight is 475 g/mol. The summed E-state index contributed by atoms with van der Waals surface area (Å²) in [5.41, 5.74) is 2.78. The van der Waals surface area contributed by atoms with Crippen molar-refractivity contribution in [3.05, 3.63) is 41.7 Å². The lowest BCUT2D eigenvalue weighted by Crippen LogP contribution is -2.48. The maximum absolute atomic E-state index is 12.7. The van der Waals surface area contributed by atoms with Gasteiger partial charge in [0.05, 0.1) is 5.76 Å². The second-order valence-electron chi connectivity index (χ2n) is 10.6. The van der Waals surface area contributed by atoms with Gasteiger partial charge in [0.1, 0.15) is 11.5 Å². The van der Waals surface area contributed by atoms with Crippen LogP contribution in [0.2, 0.25) is 16.6 Å². The summed E-state index contributed by atoms with van der Waals surface area (Å²) in [6, 6.07) is 8.23. The van der Waals surface area contributed by atoms with E-state index in [2.05, 4.69) is 66.7 Å². The van der Waals surface area contributed by atoms with Crippen LogP contribution in [0.25, 0.3) is 0 Å². The molecule has 1 aliphatic rings. The van der Waals surface area contributed by atoms with Gasteiger partial charge in [-0.2, -0.15) is 0 Å². The van der Waals surface area contributed by atoms with Gasteiger partial charge in [-0.3, -0.25) is 4.79 Å². The van der Waals surface area contributed by atoms with Gasteiger partial charge in [0.2, 0.25) is 0 Å². The summed E-state index contributed by atoms with van der Waals surface area (Å²) in [6.45, 7) is 18.4. The zero-order valence-electron chi connectivity index (χ0n) is 22.3. The minimum atomic E-state index is -2.07. The van der Waals surface area contributed by atoms with E-state index in [9.17, 15) is 4.79 Å². The molecule has 1 aliphatic carbocycles. The van der Waals surface area contributed by atoms with Crippen LogP contribution in [0, 0.1) is 17.8 Å². The summed E-state index contributed by atoms with van der Waals surface area (Å²) in [6.07, 6.45) is 4.62. The van der Waals surface area contributed by atoms with Gasteiger partial charge < -0.3 is 13.9 Å². The molecule has 0 fully saturated rings. The van der Waals surface area contributed by atoms with Gasteiger partial charge in [0.15, 0.2) is 6.79 Å². The molecule has 186 valence electrons. The number of rotatable bonds is 12. The lowest BCUT2D eigenvalue weighted by atomic mass is 9.74. The fourth-order valence-electron chi connectivity index (χ4n) is 5.83. The highest BCUT2D eigenvalue weighted by molar-refractivity contribution is 6.77. The van der Waals surface area contributed by atoms with Crippen molar-refractivity contribution in [3.8, 4) is 5.75 Å². The number of ether oxygens (including phenoxy) is 2. The maximum atomic E-state index is 12.7. The normalized spacial score (nSPS) is 21.5. The van der Waals surface area contributed by atoms with Crippen LogP contribution in [-0.4, -0.2) is 28.0 Å². The SMILES string of the molecule is CCC(=O)[C@@H]1C[C@H](Cc2ccc(OCOC)cc2)C(O[Si](C(C)C)(C(C)C)C(C)C)=C[C@@H]1C. The predicted octanol–water partition coefficient (Wildman–Crippen LogP) is 7.54. The summed E-state index contributed by atoms with van der Waals surface area (Å²) < 4.78 is 17.7. The fraction of sp³-hybridized carbons (Fsp3) is 0.679. The molecule has 0 radical (unpaired) electrons. The number of benzene rings is 1. The fourth-order valence-corrected chi connectivity index (χ4v) is 11.2.